The number of hydrogen-bond acceptors (Lipinski definition) is 2. The molecule has 5 heteroatoms. The second kappa shape index (κ2) is 5.14. The van der Waals surface area contributed by atoms with Gasteiger partial charge in [0.2, 0.25) is 5.96 Å². The SMILES string of the molecule is Br.Cc1ccccc1N=C1NCCN1O. The summed E-state index contributed by atoms with van der Waals surface area (Å²) >= 11 is 0. The number of nitrogens with one attached hydrogen (secondary N) is 1. The van der Waals surface area contributed by atoms with Crippen molar-refractivity contribution in [3.8, 4) is 0 Å². The fraction of sp³-hybridized carbons (Fsp3) is 0.300. The molecule has 1 saturated heterocycles. The number of aliphatic imine (C=N–C) groups is 1. The highest BCUT2D eigenvalue weighted by Crippen LogP contribution is 2.17. The summed E-state index contributed by atoms with van der Waals surface area (Å²) in [5.74, 6) is 0.527. The summed E-state index contributed by atoms with van der Waals surface area (Å²) in [5.41, 5.74) is 1.98. The first kappa shape index (κ1) is 12.0. The molecule has 82 valence electrons. The van der Waals surface area contributed by atoms with E-state index in [0.29, 0.717) is 12.5 Å². The molecular weight excluding hydrogens is 258 g/mol. The van der Waals surface area contributed by atoms with E-state index in [1.807, 2.05) is 31.2 Å². The van der Waals surface area contributed by atoms with Gasteiger partial charge in [0.1, 0.15) is 0 Å². The number of guanidine groups is 1. The maximum Gasteiger partial charge on any atom is 0.223 e. The number of hydroxylamine groups is 2. The van der Waals surface area contributed by atoms with Crippen LogP contribution in [0.1, 0.15) is 5.56 Å². The molecule has 0 atom stereocenters. The van der Waals surface area contributed by atoms with Crippen LogP contribution in [0.4, 0.5) is 5.69 Å². The smallest absolute Gasteiger partial charge is 0.223 e. The number of aryl methyl sites for hydroxylation is 1. The lowest BCUT2D eigenvalue weighted by atomic mass is 10.2. The number of halogens is 1. The van der Waals surface area contributed by atoms with Crippen molar-refractivity contribution >= 4 is 28.6 Å². The van der Waals surface area contributed by atoms with E-state index in [-0.39, 0.29) is 17.0 Å². The van der Waals surface area contributed by atoms with Crippen molar-refractivity contribution in [1.82, 2.24) is 10.4 Å². The van der Waals surface area contributed by atoms with Gasteiger partial charge in [0, 0.05) is 6.54 Å². The number of rotatable bonds is 1. The highest BCUT2D eigenvalue weighted by molar-refractivity contribution is 8.93. The third-order valence-electron chi connectivity index (χ3n) is 2.19. The third-order valence-corrected chi connectivity index (χ3v) is 2.19. The van der Waals surface area contributed by atoms with Gasteiger partial charge < -0.3 is 5.32 Å². The van der Waals surface area contributed by atoms with Gasteiger partial charge in [-0.1, -0.05) is 18.2 Å². The summed E-state index contributed by atoms with van der Waals surface area (Å²) < 4.78 is 0. The number of nitrogens with zero attached hydrogens (tertiary/aromatic N) is 2. The Kier molecular flexibility index (Phi) is 4.11. The maximum absolute atomic E-state index is 9.38. The topological polar surface area (TPSA) is 47.9 Å². The normalized spacial score (nSPS) is 17.5. The Hall–Kier alpha value is -1.07. The minimum Gasteiger partial charge on any atom is -0.352 e. The van der Waals surface area contributed by atoms with E-state index in [1.165, 1.54) is 0 Å². The first-order valence-corrected chi connectivity index (χ1v) is 4.62. The van der Waals surface area contributed by atoms with Gasteiger partial charge >= 0.3 is 0 Å². The molecule has 1 aromatic rings. The lowest BCUT2D eigenvalue weighted by Crippen LogP contribution is -2.26. The van der Waals surface area contributed by atoms with Gasteiger partial charge in [-0.05, 0) is 18.6 Å². The zero-order valence-corrected chi connectivity index (χ0v) is 10.2. The molecule has 2 N–H and O–H groups in total. The van der Waals surface area contributed by atoms with Crippen molar-refractivity contribution < 1.29 is 5.21 Å². The van der Waals surface area contributed by atoms with E-state index in [2.05, 4.69) is 10.3 Å². The van der Waals surface area contributed by atoms with Gasteiger partial charge in [0.05, 0.1) is 12.2 Å². The zero-order valence-electron chi connectivity index (χ0n) is 8.47. The largest absolute Gasteiger partial charge is 0.352 e. The molecule has 0 bridgehead atoms. The van der Waals surface area contributed by atoms with Crippen LogP contribution in [0.25, 0.3) is 0 Å². The zero-order chi connectivity index (χ0) is 9.97. The Morgan fingerprint density at radius 2 is 2.13 bits per heavy atom. The van der Waals surface area contributed by atoms with E-state index >= 15 is 0 Å². The van der Waals surface area contributed by atoms with Gasteiger partial charge in [-0.3, -0.25) is 5.21 Å². The molecule has 0 amide bonds. The van der Waals surface area contributed by atoms with Crippen LogP contribution in [0.2, 0.25) is 0 Å². The van der Waals surface area contributed by atoms with Gasteiger partial charge in [-0.15, -0.1) is 17.0 Å². The van der Waals surface area contributed by atoms with Crippen LogP contribution in [0.15, 0.2) is 29.3 Å². The van der Waals surface area contributed by atoms with Gasteiger partial charge in [0.25, 0.3) is 0 Å². The van der Waals surface area contributed by atoms with Crippen LogP contribution in [0, 0.1) is 6.92 Å². The van der Waals surface area contributed by atoms with E-state index < -0.39 is 0 Å². The molecule has 1 fully saturated rings. The fourth-order valence-corrected chi connectivity index (χ4v) is 1.37. The van der Waals surface area contributed by atoms with Crippen LogP contribution in [-0.4, -0.2) is 29.3 Å². The predicted octanol–water partition coefficient (Wildman–Crippen LogP) is 1.85. The molecule has 4 nitrogen and oxygen atoms in total. The minimum atomic E-state index is 0. The van der Waals surface area contributed by atoms with E-state index in [4.69, 9.17) is 0 Å². The van der Waals surface area contributed by atoms with Crippen molar-refractivity contribution in [3.63, 3.8) is 0 Å². The van der Waals surface area contributed by atoms with Crippen molar-refractivity contribution in [2.75, 3.05) is 13.1 Å². The summed E-state index contributed by atoms with van der Waals surface area (Å²) in [6, 6.07) is 7.83. The van der Waals surface area contributed by atoms with Gasteiger partial charge in [-0.25, -0.2) is 10.1 Å². The lowest BCUT2D eigenvalue weighted by molar-refractivity contribution is -0.00126. The summed E-state index contributed by atoms with van der Waals surface area (Å²) in [6.07, 6.45) is 0. The average molecular weight is 272 g/mol. The van der Waals surface area contributed by atoms with Crippen LogP contribution < -0.4 is 5.32 Å². The molecule has 0 unspecified atom stereocenters. The highest BCUT2D eigenvalue weighted by atomic mass is 79.9. The second-order valence-electron chi connectivity index (χ2n) is 3.27. The van der Waals surface area contributed by atoms with Crippen LogP contribution >= 0.6 is 17.0 Å². The molecule has 0 aromatic heterocycles. The standard InChI is InChI=1S/C10H13N3O.BrH/c1-8-4-2-3-5-9(8)12-10-11-6-7-13(10)14;/h2-5,14H,6-7H2,1H3,(H,11,12);1H. The molecule has 2 rings (SSSR count). The summed E-state index contributed by atoms with van der Waals surface area (Å²) in [5, 5.41) is 13.5. The third kappa shape index (κ3) is 2.70. The van der Waals surface area contributed by atoms with Crippen molar-refractivity contribution in [2.24, 2.45) is 4.99 Å². The Morgan fingerprint density at radius 3 is 2.73 bits per heavy atom. The Morgan fingerprint density at radius 1 is 1.40 bits per heavy atom. The number of hydrogen-bond donors (Lipinski definition) is 2. The Balaban J connectivity index is 0.00000112. The average Bonchev–Trinajstić information content (AvgIpc) is 2.56. The monoisotopic (exact) mass is 271 g/mol. The van der Waals surface area contributed by atoms with Crippen LogP contribution in [-0.2, 0) is 0 Å². The van der Waals surface area contributed by atoms with E-state index in [9.17, 15) is 5.21 Å². The van der Waals surface area contributed by atoms with Crippen molar-refractivity contribution in [2.45, 2.75) is 6.92 Å². The molecule has 0 radical (unpaired) electrons. The molecule has 1 heterocycles. The van der Waals surface area contributed by atoms with Crippen LogP contribution in [0.3, 0.4) is 0 Å². The number of para-hydroxylation sites is 1. The Bertz CT molecular complexity index is 367. The summed E-state index contributed by atoms with van der Waals surface area (Å²) in [7, 11) is 0. The quantitative estimate of drug-likeness (QED) is 0.820. The van der Waals surface area contributed by atoms with Gasteiger partial charge in [-0.2, -0.15) is 0 Å². The minimum absolute atomic E-state index is 0. The predicted molar refractivity (Wildman–Crippen MR) is 65.1 cm³/mol. The second-order valence-corrected chi connectivity index (χ2v) is 3.27. The van der Waals surface area contributed by atoms with Crippen molar-refractivity contribution in [3.05, 3.63) is 29.8 Å². The Labute approximate surface area is 99.4 Å². The van der Waals surface area contributed by atoms with Crippen LogP contribution in [0.5, 0.6) is 0 Å². The van der Waals surface area contributed by atoms with Gasteiger partial charge in [0.15, 0.2) is 0 Å². The molecular formula is C10H14BrN3O. The number of benzene rings is 1. The first-order chi connectivity index (χ1) is 6.77. The maximum atomic E-state index is 9.38. The highest BCUT2D eigenvalue weighted by Gasteiger charge is 2.15. The molecule has 15 heavy (non-hydrogen) atoms. The molecule has 0 aliphatic carbocycles. The summed E-state index contributed by atoms with van der Waals surface area (Å²) in [4.78, 5) is 4.32. The lowest BCUT2D eigenvalue weighted by Gasteiger charge is -2.08. The molecule has 0 spiro atoms. The molecule has 1 aliphatic heterocycles. The molecule has 1 aromatic carbocycles. The van der Waals surface area contributed by atoms with E-state index in [1.54, 1.807) is 0 Å². The molecule has 0 saturated carbocycles. The van der Waals surface area contributed by atoms with E-state index in [0.717, 1.165) is 22.9 Å². The summed E-state index contributed by atoms with van der Waals surface area (Å²) in [6.45, 7) is 3.32. The first-order valence-electron chi connectivity index (χ1n) is 4.62. The van der Waals surface area contributed by atoms with Crippen molar-refractivity contribution in [1.29, 1.82) is 0 Å². The fourth-order valence-electron chi connectivity index (χ4n) is 1.37. The molecule has 1 aliphatic rings.